The molecule has 3 N–H and O–H groups in total. The summed E-state index contributed by atoms with van der Waals surface area (Å²) in [6.45, 7) is 0.217. The van der Waals surface area contributed by atoms with Gasteiger partial charge in [-0.3, -0.25) is 4.79 Å². The second kappa shape index (κ2) is 5.72. The Morgan fingerprint density at radius 2 is 2.28 bits per heavy atom. The maximum Gasteiger partial charge on any atom is 0.258 e. The Morgan fingerprint density at radius 3 is 3.00 bits per heavy atom. The molecule has 0 fully saturated rings. The monoisotopic (exact) mass is 247 g/mol. The molecule has 0 bridgehead atoms. The molecule has 0 atom stereocenters. The van der Waals surface area contributed by atoms with E-state index in [1.165, 1.54) is 6.07 Å². The number of carbonyl (C=O) groups is 1. The number of phenolic OH excluding ortho intramolecular Hbond substituents is 1. The van der Waals surface area contributed by atoms with E-state index in [0.717, 1.165) is 5.69 Å². The highest BCUT2D eigenvalue weighted by Crippen LogP contribution is 2.23. The summed E-state index contributed by atoms with van der Waals surface area (Å²) in [6.07, 6.45) is 3.17. The van der Waals surface area contributed by atoms with E-state index >= 15 is 0 Å². The Balaban J connectivity index is 1.77. The number of rotatable bonds is 5. The van der Waals surface area contributed by atoms with Crippen LogP contribution in [0, 0.1) is 0 Å². The van der Waals surface area contributed by atoms with E-state index in [1.807, 2.05) is 0 Å². The van der Waals surface area contributed by atoms with Crippen molar-refractivity contribution >= 4 is 5.91 Å². The van der Waals surface area contributed by atoms with Crippen LogP contribution in [-0.4, -0.2) is 27.6 Å². The average molecular weight is 247 g/mol. The molecule has 18 heavy (non-hydrogen) atoms. The number of nitrogens with one attached hydrogen (secondary N) is 2. The number of amides is 1. The van der Waals surface area contributed by atoms with Crippen molar-refractivity contribution in [3.8, 4) is 11.5 Å². The molecule has 0 saturated carbocycles. The molecule has 6 nitrogen and oxygen atoms in total. The summed E-state index contributed by atoms with van der Waals surface area (Å²) < 4.78 is 5.18. The Morgan fingerprint density at radius 1 is 1.44 bits per heavy atom. The van der Waals surface area contributed by atoms with Crippen molar-refractivity contribution < 1.29 is 14.6 Å². The highest BCUT2D eigenvalue weighted by Gasteiger charge is 2.05. The predicted octanol–water partition coefficient (Wildman–Crippen LogP) is 0.810. The molecule has 0 radical (unpaired) electrons. The first kappa shape index (κ1) is 12.0. The Labute approximate surface area is 104 Å². The summed E-state index contributed by atoms with van der Waals surface area (Å²) in [5.41, 5.74) is 0.811. The van der Waals surface area contributed by atoms with Crippen molar-refractivity contribution in [2.75, 3.05) is 6.61 Å². The molecule has 1 heterocycles. The summed E-state index contributed by atoms with van der Waals surface area (Å²) >= 11 is 0. The van der Waals surface area contributed by atoms with E-state index < -0.39 is 0 Å². The molecule has 0 spiro atoms. The zero-order valence-corrected chi connectivity index (χ0v) is 9.59. The van der Waals surface area contributed by atoms with Crippen LogP contribution in [0.15, 0.2) is 36.8 Å². The van der Waals surface area contributed by atoms with Crippen LogP contribution in [0.2, 0.25) is 0 Å². The number of hydrogen-bond donors (Lipinski definition) is 3. The van der Waals surface area contributed by atoms with Crippen molar-refractivity contribution in [1.29, 1.82) is 0 Å². The molecule has 0 unspecified atom stereocenters. The topological polar surface area (TPSA) is 87.2 Å². The Bertz CT molecular complexity index is 511. The second-order valence-corrected chi connectivity index (χ2v) is 3.61. The molecule has 2 aromatic rings. The van der Waals surface area contributed by atoms with Crippen LogP contribution < -0.4 is 10.1 Å². The molecule has 1 amide bonds. The van der Waals surface area contributed by atoms with Crippen molar-refractivity contribution in [1.82, 2.24) is 15.3 Å². The molecule has 0 saturated heterocycles. The lowest BCUT2D eigenvalue weighted by Gasteiger charge is -2.07. The van der Waals surface area contributed by atoms with E-state index in [9.17, 15) is 9.90 Å². The van der Waals surface area contributed by atoms with Gasteiger partial charge in [-0.25, -0.2) is 4.98 Å². The van der Waals surface area contributed by atoms with Gasteiger partial charge in [-0.1, -0.05) is 12.1 Å². The third-order valence-corrected chi connectivity index (χ3v) is 2.25. The first-order chi connectivity index (χ1) is 8.75. The van der Waals surface area contributed by atoms with Gasteiger partial charge in [0, 0.05) is 6.20 Å². The Kier molecular flexibility index (Phi) is 3.80. The van der Waals surface area contributed by atoms with Gasteiger partial charge in [0.2, 0.25) is 0 Å². The largest absolute Gasteiger partial charge is 0.504 e. The van der Waals surface area contributed by atoms with E-state index in [-0.39, 0.29) is 24.0 Å². The zero-order valence-electron chi connectivity index (χ0n) is 9.59. The number of aromatic amines is 1. The van der Waals surface area contributed by atoms with E-state index in [0.29, 0.717) is 6.54 Å². The van der Waals surface area contributed by atoms with Crippen LogP contribution in [0.5, 0.6) is 11.5 Å². The van der Waals surface area contributed by atoms with Crippen LogP contribution in [0.3, 0.4) is 0 Å². The Hall–Kier alpha value is -2.50. The predicted molar refractivity (Wildman–Crippen MR) is 64.0 cm³/mol. The van der Waals surface area contributed by atoms with Crippen molar-refractivity contribution in [3.05, 3.63) is 42.5 Å². The third kappa shape index (κ3) is 3.24. The number of phenols is 1. The standard InChI is InChI=1S/C12H13N3O3/c16-10-3-1-2-4-11(10)18-7-12(17)14-6-9-5-13-8-15-9/h1-5,8,16H,6-7H2,(H,13,15)(H,14,17). The number of carbonyl (C=O) groups excluding carboxylic acids is 1. The number of imidazole rings is 1. The van der Waals surface area contributed by atoms with Crippen molar-refractivity contribution in [2.45, 2.75) is 6.54 Å². The third-order valence-electron chi connectivity index (χ3n) is 2.25. The lowest BCUT2D eigenvalue weighted by Crippen LogP contribution is -2.28. The number of ether oxygens (including phenoxy) is 1. The normalized spacial score (nSPS) is 10.0. The first-order valence-electron chi connectivity index (χ1n) is 5.40. The summed E-state index contributed by atoms with van der Waals surface area (Å²) in [5.74, 6) is 0.0286. The van der Waals surface area contributed by atoms with E-state index in [2.05, 4.69) is 15.3 Å². The van der Waals surface area contributed by atoms with Gasteiger partial charge in [0.1, 0.15) is 0 Å². The highest BCUT2D eigenvalue weighted by atomic mass is 16.5. The van der Waals surface area contributed by atoms with Gasteiger partial charge < -0.3 is 20.1 Å². The molecule has 1 aromatic heterocycles. The number of aromatic nitrogens is 2. The van der Waals surface area contributed by atoms with Gasteiger partial charge in [-0.15, -0.1) is 0 Å². The van der Waals surface area contributed by atoms with Gasteiger partial charge in [0.15, 0.2) is 18.1 Å². The van der Waals surface area contributed by atoms with E-state index in [1.54, 1.807) is 30.7 Å². The fourth-order valence-corrected chi connectivity index (χ4v) is 1.35. The molecule has 0 aliphatic rings. The minimum absolute atomic E-state index is 0.0128. The fraction of sp³-hybridized carbons (Fsp3) is 0.167. The maximum atomic E-state index is 11.5. The fourth-order valence-electron chi connectivity index (χ4n) is 1.35. The number of H-pyrrole nitrogens is 1. The molecule has 2 rings (SSSR count). The molecule has 0 aliphatic carbocycles. The summed E-state index contributed by atoms with van der Waals surface area (Å²) in [6, 6.07) is 6.49. The van der Waals surface area contributed by atoms with Crippen LogP contribution in [-0.2, 0) is 11.3 Å². The lowest BCUT2D eigenvalue weighted by atomic mass is 10.3. The summed E-state index contributed by atoms with van der Waals surface area (Å²) in [5, 5.41) is 12.1. The van der Waals surface area contributed by atoms with Gasteiger partial charge >= 0.3 is 0 Å². The number of benzene rings is 1. The zero-order chi connectivity index (χ0) is 12.8. The minimum atomic E-state index is -0.271. The molecular formula is C12H13N3O3. The second-order valence-electron chi connectivity index (χ2n) is 3.61. The average Bonchev–Trinajstić information content (AvgIpc) is 2.88. The number of hydrogen-bond acceptors (Lipinski definition) is 4. The quantitative estimate of drug-likeness (QED) is 0.729. The molecule has 0 aliphatic heterocycles. The van der Waals surface area contributed by atoms with Gasteiger partial charge in [0.25, 0.3) is 5.91 Å². The van der Waals surface area contributed by atoms with Crippen LogP contribution in [0.4, 0.5) is 0 Å². The number of para-hydroxylation sites is 2. The SMILES string of the molecule is O=C(COc1ccccc1O)NCc1cnc[nH]1. The highest BCUT2D eigenvalue weighted by molar-refractivity contribution is 5.77. The minimum Gasteiger partial charge on any atom is -0.504 e. The van der Waals surface area contributed by atoms with Crippen LogP contribution in [0.25, 0.3) is 0 Å². The van der Waals surface area contributed by atoms with Gasteiger partial charge in [0.05, 0.1) is 18.6 Å². The number of nitrogens with zero attached hydrogens (tertiary/aromatic N) is 1. The number of aromatic hydroxyl groups is 1. The van der Waals surface area contributed by atoms with Crippen LogP contribution >= 0.6 is 0 Å². The van der Waals surface area contributed by atoms with Gasteiger partial charge in [-0.05, 0) is 12.1 Å². The maximum absolute atomic E-state index is 11.5. The molecule has 6 heteroatoms. The lowest BCUT2D eigenvalue weighted by molar-refractivity contribution is -0.123. The molecular weight excluding hydrogens is 234 g/mol. The summed E-state index contributed by atoms with van der Waals surface area (Å²) in [4.78, 5) is 18.2. The van der Waals surface area contributed by atoms with Crippen molar-refractivity contribution in [3.63, 3.8) is 0 Å². The molecule has 94 valence electrons. The summed E-state index contributed by atoms with van der Waals surface area (Å²) in [7, 11) is 0. The smallest absolute Gasteiger partial charge is 0.258 e. The van der Waals surface area contributed by atoms with Crippen molar-refractivity contribution in [2.24, 2.45) is 0 Å². The van der Waals surface area contributed by atoms with Gasteiger partial charge in [-0.2, -0.15) is 0 Å². The van der Waals surface area contributed by atoms with E-state index in [4.69, 9.17) is 4.74 Å². The molecule has 1 aromatic carbocycles. The first-order valence-corrected chi connectivity index (χ1v) is 5.40. The van der Waals surface area contributed by atoms with Crippen LogP contribution in [0.1, 0.15) is 5.69 Å².